The number of amides is 2. The van der Waals surface area contributed by atoms with Crippen LogP contribution in [0.25, 0.3) is 0 Å². The minimum absolute atomic E-state index is 0.0199. The van der Waals surface area contributed by atoms with Crippen LogP contribution in [0.15, 0.2) is 24.3 Å². The fourth-order valence-electron chi connectivity index (χ4n) is 1.89. The summed E-state index contributed by atoms with van der Waals surface area (Å²) in [6.07, 6.45) is 2.48. The summed E-state index contributed by atoms with van der Waals surface area (Å²) in [6.45, 7) is 0.838. The van der Waals surface area contributed by atoms with Crippen LogP contribution in [0.3, 0.4) is 0 Å². The molecule has 1 aliphatic rings. The summed E-state index contributed by atoms with van der Waals surface area (Å²) in [5.41, 5.74) is 0.610. The third-order valence-electron chi connectivity index (χ3n) is 3.22. The standard InChI is InChI=1S/C15H20ClN3O2/c1-19(10-15(21)17-11-6-7-11)9-8-14(20)18-13-5-3-2-4-12(13)16/h2-5,11H,6-10H2,1H3,(H,17,21)(H,18,20). The van der Waals surface area contributed by atoms with E-state index in [0.717, 1.165) is 12.8 Å². The Balaban J connectivity index is 1.68. The van der Waals surface area contributed by atoms with Crippen LogP contribution in [0.5, 0.6) is 0 Å². The normalized spacial score (nSPS) is 14.0. The average molecular weight is 310 g/mol. The molecule has 1 fully saturated rings. The van der Waals surface area contributed by atoms with Crippen molar-refractivity contribution in [2.45, 2.75) is 25.3 Å². The number of carbonyl (C=O) groups is 2. The Bertz CT molecular complexity index is 517. The minimum atomic E-state index is -0.113. The molecule has 1 aromatic rings. The number of hydrogen-bond acceptors (Lipinski definition) is 3. The predicted octanol–water partition coefficient (Wildman–Crippen LogP) is 1.88. The highest BCUT2D eigenvalue weighted by atomic mass is 35.5. The molecule has 0 saturated heterocycles. The van der Waals surface area contributed by atoms with Gasteiger partial charge in [0, 0.05) is 19.0 Å². The molecule has 1 aliphatic carbocycles. The molecule has 21 heavy (non-hydrogen) atoms. The molecular weight excluding hydrogens is 290 g/mol. The molecule has 2 amide bonds. The van der Waals surface area contributed by atoms with E-state index in [9.17, 15) is 9.59 Å². The zero-order chi connectivity index (χ0) is 15.2. The van der Waals surface area contributed by atoms with Crippen molar-refractivity contribution >= 4 is 29.1 Å². The number of likely N-dealkylation sites (N-methyl/N-ethyl adjacent to an activating group) is 1. The van der Waals surface area contributed by atoms with E-state index in [-0.39, 0.29) is 11.8 Å². The molecule has 0 spiro atoms. The van der Waals surface area contributed by atoms with Gasteiger partial charge in [0.1, 0.15) is 0 Å². The number of halogens is 1. The van der Waals surface area contributed by atoms with Gasteiger partial charge in [-0.2, -0.15) is 0 Å². The van der Waals surface area contributed by atoms with Gasteiger partial charge in [-0.05, 0) is 32.0 Å². The number of para-hydroxylation sites is 1. The lowest BCUT2D eigenvalue weighted by Gasteiger charge is -2.16. The molecule has 0 heterocycles. The molecule has 0 atom stereocenters. The molecule has 5 nitrogen and oxygen atoms in total. The molecule has 0 aliphatic heterocycles. The monoisotopic (exact) mass is 309 g/mol. The van der Waals surface area contributed by atoms with E-state index >= 15 is 0 Å². The predicted molar refractivity (Wildman–Crippen MR) is 83.4 cm³/mol. The number of carbonyl (C=O) groups excluding carboxylic acids is 2. The quantitative estimate of drug-likeness (QED) is 0.808. The first-order valence-electron chi connectivity index (χ1n) is 7.07. The van der Waals surface area contributed by atoms with E-state index in [0.29, 0.717) is 36.3 Å². The highest BCUT2D eigenvalue weighted by Gasteiger charge is 2.23. The van der Waals surface area contributed by atoms with Crippen molar-refractivity contribution in [3.63, 3.8) is 0 Å². The highest BCUT2D eigenvalue weighted by Crippen LogP contribution is 2.20. The van der Waals surface area contributed by atoms with Crippen LogP contribution in [0, 0.1) is 0 Å². The fourth-order valence-corrected chi connectivity index (χ4v) is 2.08. The summed E-state index contributed by atoms with van der Waals surface area (Å²) < 4.78 is 0. The number of nitrogens with one attached hydrogen (secondary N) is 2. The van der Waals surface area contributed by atoms with E-state index in [2.05, 4.69) is 10.6 Å². The molecule has 0 aromatic heterocycles. The van der Waals surface area contributed by atoms with Crippen LogP contribution in [-0.2, 0) is 9.59 Å². The second-order valence-electron chi connectivity index (χ2n) is 5.36. The number of hydrogen-bond donors (Lipinski definition) is 2. The fraction of sp³-hybridized carbons (Fsp3) is 0.467. The van der Waals surface area contributed by atoms with Crippen LogP contribution in [0.1, 0.15) is 19.3 Å². The maximum absolute atomic E-state index is 11.8. The summed E-state index contributed by atoms with van der Waals surface area (Å²) in [6, 6.07) is 7.48. The summed E-state index contributed by atoms with van der Waals surface area (Å²) in [7, 11) is 1.83. The third-order valence-corrected chi connectivity index (χ3v) is 3.55. The molecule has 114 valence electrons. The molecule has 0 unspecified atom stereocenters. The first kappa shape index (κ1) is 15.8. The molecule has 2 rings (SSSR count). The van der Waals surface area contributed by atoms with Gasteiger partial charge in [-0.15, -0.1) is 0 Å². The van der Waals surface area contributed by atoms with Gasteiger partial charge in [0.05, 0.1) is 17.3 Å². The number of benzene rings is 1. The van der Waals surface area contributed by atoms with E-state index in [1.54, 1.807) is 12.1 Å². The lowest BCUT2D eigenvalue weighted by atomic mass is 10.3. The zero-order valence-corrected chi connectivity index (χ0v) is 12.8. The third kappa shape index (κ3) is 5.73. The summed E-state index contributed by atoms with van der Waals surface area (Å²) >= 11 is 5.98. The van der Waals surface area contributed by atoms with Crippen molar-refractivity contribution in [3.05, 3.63) is 29.3 Å². The Morgan fingerprint density at radius 3 is 2.67 bits per heavy atom. The maximum Gasteiger partial charge on any atom is 0.234 e. The van der Waals surface area contributed by atoms with Gasteiger partial charge >= 0.3 is 0 Å². The molecule has 6 heteroatoms. The second-order valence-corrected chi connectivity index (χ2v) is 5.76. The molecule has 1 saturated carbocycles. The molecule has 0 radical (unpaired) electrons. The topological polar surface area (TPSA) is 61.4 Å². The van der Waals surface area contributed by atoms with E-state index in [1.165, 1.54) is 0 Å². The smallest absolute Gasteiger partial charge is 0.234 e. The molecule has 0 bridgehead atoms. The number of anilines is 1. The van der Waals surface area contributed by atoms with Gasteiger partial charge in [-0.1, -0.05) is 23.7 Å². The van der Waals surface area contributed by atoms with Gasteiger partial charge in [-0.25, -0.2) is 0 Å². The van der Waals surface area contributed by atoms with Crippen molar-refractivity contribution in [2.75, 3.05) is 25.5 Å². The van der Waals surface area contributed by atoms with Crippen LogP contribution >= 0.6 is 11.6 Å². The van der Waals surface area contributed by atoms with Crippen LogP contribution < -0.4 is 10.6 Å². The highest BCUT2D eigenvalue weighted by molar-refractivity contribution is 6.33. The Morgan fingerprint density at radius 1 is 1.29 bits per heavy atom. The van der Waals surface area contributed by atoms with Gasteiger partial charge in [0.2, 0.25) is 11.8 Å². The van der Waals surface area contributed by atoms with Crippen LogP contribution in [0.2, 0.25) is 5.02 Å². The maximum atomic E-state index is 11.8. The van der Waals surface area contributed by atoms with Crippen LogP contribution in [0.4, 0.5) is 5.69 Å². The van der Waals surface area contributed by atoms with Crippen molar-refractivity contribution in [1.82, 2.24) is 10.2 Å². The Hall–Kier alpha value is -1.59. The van der Waals surface area contributed by atoms with Crippen LogP contribution in [-0.4, -0.2) is 42.9 Å². The van der Waals surface area contributed by atoms with E-state index in [4.69, 9.17) is 11.6 Å². The van der Waals surface area contributed by atoms with Gasteiger partial charge < -0.3 is 10.6 Å². The van der Waals surface area contributed by atoms with E-state index < -0.39 is 0 Å². The second kappa shape index (κ2) is 7.43. The van der Waals surface area contributed by atoms with Crippen molar-refractivity contribution in [3.8, 4) is 0 Å². The number of rotatable bonds is 7. The van der Waals surface area contributed by atoms with E-state index in [1.807, 2.05) is 24.1 Å². The Morgan fingerprint density at radius 2 is 2.00 bits per heavy atom. The van der Waals surface area contributed by atoms with Crippen molar-refractivity contribution < 1.29 is 9.59 Å². The summed E-state index contributed by atoms with van der Waals surface area (Å²) in [4.78, 5) is 25.3. The van der Waals surface area contributed by atoms with Gasteiger partial charge in [0.15, 0.2) is 0 Å². The molecular formula is C15H20ClN3O2. The summed E-state index contributed by atoms with van der Waals surface area (Å²) in [5.74, 6) is -0.0935. The SMILES string of the molecule is CN(CCC(=O)Nc1ccccc1Cl)CC(=O)NC1CC1. The van der Waals surface area contributed by atoms with Gasteiger partial charge in [0.25, 0.3) is 0 Å². The first-order valence-corrected chi connectivity index (χ1v) is 7.44. The first-order chi connectivity index (χ1) is 10.0. The van der Waals surface area contributed by atoms with Crippen molar-refractivity contribution in [1.29, 1.82) is 0 Å². The zero-order valence-electron chi connectivity index (χ0n) is 12.1. The molecule has 2 N–H and O–H groups in total. The lowest BCUT2D eigenvalue weighted by molar-refractivity contribution is -0.123. The van der Waals surface area contributed by atoms with Gasteiger partial charge in [-0.3, -0.25) is 14.5 Å². The van der Waals surface area contributed by atoms with Crippen molar-refractivity contribution in [2.24, 2.45) is 0 Å². The molecule has 1 aromatic carbocycles. The summed E-state index contributed by atoms with van der Waals surface area (Å²) in [5, 5.41) is 6.20. The number of nitrogens with zero attached hydrogens (tertiary/aromatic N) is 1. The average Bonchev–Trinajstić information content (AvgIpc) is 3.23. The minimum Gasteiger partial charge on any atom is -0.352 e. The Kier molecular flexibility index (Phi) is 5.59. The largest absolute Gasteiger partial charge is 0.352 e. The Labute approximate surface area is 129 Å². The lowest BCUT2D eigenvalue weighted by Crippen LogP contribution is -2.37.